The lowest BCUT2D eigenvalue weighted by molar-refractivity contribution is 0.0746. The summed E-state index contributed by atoms with van der Waals surface area (Å²) in [7, 11) is 5.72. The van der Waals surface area contributed by atoms with Gasteiger partial charge in [-0.05, 0) is 105 Å². The van der Waals surface area contributed by atoms with E-state index in [1.807, 2.05) is 57.2 Å². The molecule has 2 N–H and O–H groups in total. The number of benzene rings is 7. The van der Waals surface area contributed by atoms with Crippen LogP contribution in [0.2, 0.25) is 0 Å². The third-order valence-corrected chi connectivity index (χ3v) is 10.5. The number of carbonyl (C=O) groups excluding carboxylic acids is 2. The zero-order valence-corrected chi connectivity index (χ0v) is 31.9. The molecular formula is C48H46N4O3. The standard InChI is InChI=1S/C48H46N4O3/c1-6-26-55-46-27-32(47(53)51(5)30-44-37-20-12-8-16-33(37)42(28-49-3)34-17-9-13-21-38(34)44)24-25-41(46)48(54)52(7-2)31-45-39-22-14-10-18-35(39)43(29-50-4)36-19-11-15-23-40(36)45/h1,8-25,27,49-50H,7,26,28-31H2,2-5H3. The van der Waals surface area contributed by atoms with E-state index in [1.165, 1.54) is 11.1 Å². The SMILES string of the molecule is C#CCOc1cc(C(=O)N(C)Cc2c3ccccc3c(CNC)c3ccccc23)ccc1C(=O)N(CC)Cc1c2ccccc2c(CNC)c2ccccc12. The van der Waals surface area contributed by atoms with E-state index in [4.69, 9.17) is 11.2 Å². The van der Waals surface area contributed by atoms with E-state index < -0.39 is 0 Å². The molecule has 0 saturated carbocycles. The fourth-order valence-electron chi connectivity index (χ4n) is 7.98. The van der Waals surface area contributed by atoms with Crippen LogP contribution in [0.4, 0.5) is 0 Å². The molecule has 0 spiro atoms. The molecule has 7 nitrogen and oxygen atoms in total. The van der Waals surface area contributed by atoms with Gasteiger partial charge in [0.2, 0.25) is 0 Å². The second kappa shape index (κ2) is 16.4. The normalized spacial score (nSPS) is 11.3. The quantitative estimate of drug-likeness (QED) is 0.0920. The summed E-state index contributed by atoms with van der Waals surface area (Å²) in [5.41, 5.74) is 5.39. The van der Waals surface area contributed by atoms with Gasteiger partial charge in [-0.15, -0.1) is 6.42 Å². The first-order valence-corrected chi connectivity index (χ1v) is 18.8. The van der Waals surface area contributed by atoms with Gasteiger partial charge in [-0.3, -0.25) is 9.59 Å². The van der Waals surface area contributed by atoms with Crippen LogP contribution in [0.5, 0.6) is 5.75 Å². The summed E-state index contributed by atoms with van der Waals surface area (Å²) in [6, 6.07) is 38.6. The predicted octanol–water partition coefficient (Wildman–Crippen LogP) is 8.68. The van der Waals surface area contributed by atoms with Crippen LogP contribution in [-0.4, -0.2) is 55.9 Å². The Morgan fingerprint density at radius 3 is 1.44 bits per heavy atom. The molecule has 7 aromatic rings. The molecule has 7 aromatic carbocycles. The molecule has 0 aliphatic carbocycles. The number of carbonyl (C=O) groups is 2. The topological polar surface area (TPSA) is 73.9 Å². The molecule has 0 unspecified atom stereocenters. The van der Waals surface area contributed by atoms with Crippen LogP contribution >= 0.6 is 0 Å². The summed E-state index contributed by atoms with van der Waals surface area (Å²) in [6.45, 7) is 4.64. The predicted molar refractivity (Wildman–Crippen MR) is 225 cm³/mol. The van der Waals surface area contributed by atoms with Crippen LogP contribution < -0.4 is 15.4 Å². The highest BCUT2D eigenvalue weighted by atomic mass is 16.5. The van der Waals surface area contributed by atoms with Gasteiger partial charge in [0.05, 0.1) is 5.56 Å². The van der Waals surface area contributed by atoms with Gasteiger partial charge < -0.3 is 25.2 Å². The van der Waals surface area contributed by atoms with Gasteiger partial charge in [0.1, 0.15) is 12.4 Å². The van der Waals surface area contributed by atoms with Crippen LogP contribution in [0.3, 0.4) is 0 Å². The number of nitrogens with one attached hydrogen (secondary N) is 2. The molecule has 0 radical (unpaired) electrons. The van der Waals surface area contributed by atoms with Crippen molar-refractivity contribution in [2.75, 3.05) is 34.3 Å². The molecule has 276 valence electrons. The van der Waals surface area contributed by atoms with E-state index >= 15 is 0 Å². The van der Waals surface area contributed by atoms with Crippen molar-refractivity contribution >= 4 is 54.9 Å². The molecule has 7 rings (SSSR count). The summed E-state index contributed by atoms with van der Waals surface area (Å²) < 4.78 is 6.01. The molecule has 0 bridgehead atoms. The Hall–Kier alpha value is -6.20. The summed E-state index contributed by atoms with van der Waals surface area (Å²) in [5, 5.41) is 15.8. The van der Waals surface area contributed by atoms with Crippen LogP contribution in [0.25, 0.3) is 43.1 Å². The fraction of sp³-hybridized carbons (Fsp3) is 0.208. The molecule has 0 saturated heterocycles. The van der Waals surface area contributed by atoms with Crippen LogP contribution in [0.1, 0.15) is 49.9 Å². The molecule has 0 aliphatic rings. The molecule has 7 heteroatoms. The van der Waals surface area contributed by atoms with E-state index in [0.717, 1.165) is 67.3 Å². The number of fused-ring (bicyclic) bond motifs is 4. The maximum Gasteiger partial charge on any atom is 0.257 e. The zero-order valence-electron chi connectivity index (χ0n) is 31.9. The smallest absolute Gasteiger partial charge is 0.257 e. The van der Waals surface area contributed by atoms with Crippen molar-refractivity contribution < 1.29 is 14.3 Å². The molecule has 2 amide bonds. The number of ether oxygens (including phenoxy) is 1. The Kier molecular flexibility index (Phi) is 11.1. The summed E-state index contributed by atoms with van der Waals surface area (Å²) in [5.74, 6) is 2.41. The van der Waals surface area contributed by atoms with E-state index in [-0.39, 0.29) is 24.2 Å². The van der Waals surface area contributed by atoms with Crippen molar-refractivity contribution in [3.63, 3.8) is 0 Å². The van der Waals surface area contributed by atoms with Gasteiger partial charge in [-0.2, -0.15) is 0 Å². The minimum Gasteiger partial charge on any atom is -0.480 e. The van der Waals surface area contributed by atoms with E-state index in [9.17, 15) is 9.59 Å². The number of terminal acetylenes is 1. The average Bonchev–Trinajstić information content (AvgIpc) is 3.23. The minimum atomic E-state index is -0.200. The Morgan fingerprint density at radius 2 is 1.04 bits per heavy atom. The number of rotatable bonds is 13. The van der Waals surface area contributed by atoms with Crippen molar-refractivity contribution in [3.8, 4) is 18.1 Å². The largest absolute Gasteiger partial charge is 0.480 e. The summed E-state index contributed by atoms with van der Waals surface area (Å²) in [4.78, 5) is 32.2. The molecule has 0 atom stereocenters. The van der Waals surface area contributed by atoms with Crippen LogP contribution in [0.15, 0.2) is 115 Å². The van der Waals surface area contributed by atoms with Gasteiger partial charge in [0.25, 0.3) is 11.8 Å². The molecule has 0 aliphatic heterocycles. The lowest BCUT2D eigenvalue weighted by Gasteiger charge is -2.25. The number of amides is 2. The highest BCUT2D eigenvalue weighted by Crippen LogP contribution is 2.36. The molecular weight excluding hydrogens is 681 g/mol. The zero-order chi connectivity index (χ0) is 38.5. The van der Waals surface area contributed by atoms with E-state index in [2.05, 4.69) is 89.4 Å². The Bertz CT molecular complexity index is 2490. The number of hydrogen-bond acceptors (Lipinski definition) is 5. The van der Waals surface area contributed by atoms with E-state index in [0.29, 0.717) is 30.8 Å². The molecule has 55 heavy (non-hydrogen) atoms. The number of nitrogens with zero attached hydrogens (tertiary/aromatic N) is 2. The summed E-state index contributed by atoms with van der Waals surface area (Å²) in [6.07, 6.45) is 5.63. The van der Waals surface area contributed by atoms with Crippen molar-refractivity contribution in [2.45, 2.75) is 33.1 Å². The maximum atomic E-state index is 14.5. The lowest BCUT2D eigenvalue weighted by atomic mass is 9.91. The van der Waals surface area contributed by atoms with Gasteiger partial charge in [0.15, 0.2) is 0 Å². The highest BCUT2D eigenvalue weighted by molar-refractivity contribution is 6.08. The number of hydrogen-bond donors (Lipinski definition) is 2. The average molecular weight is 727 g/mol. The molecule has 0 fully saturated rings. The van der Waals surface area contributed by atoms with Crippen LogP contribution in [0, 0.1) is 12.3 Å². The third-order valence-electron chi connectivity index (χ3n) is 10.5. The first-order chi connectivity index (χ1) is 26.9. The lowest BCUT2D eigenvalue weighted by Crippen LogP contribution is -2.31. The third kappa shape index (κ3) is 7.10. The molecule has 0 heterocycles. The Labute approximate surface area is 322 Å². The van der Waals surface area contributed by atoms with E-state index in [1.54, 1.807) is 23.1 Å². The Balaban J connectivity index is 1.22. The second-order valence-corrected chi connectivity index (χ2v) is 13.8. The first-order valence-electron chi connectivity index (χ1n) is 18.8. The second-order valence-electron chi connectivity index (χ2n) is 13.8. The van der Waals surface area contributed by atoms with Crippen molar-refractivity contribution in [3.05, 3.63) is 149 Å². The Morgan fingerprint density at radius 1 is 0.618 bits per heavy atom. The van der Waals surface area contributed by atoms with Gasteiger partial charge >= 0.3 is 0 Å². The van der Waals surface area contributed by atoms with Crippen molar-refractivity contribution in [1.29, 1.82) is 0 Å². The first kappa shape index (κ1) is 37.1. The van der Waals surface area contributed by atoms with Gasteiger partial charge in [-0.1, -0.05) is 103 Å². The van der Waals surface area contributed by atoms with Gasteiger partial charge in [-0.25, -0.2) is 0 Å². The fourth-order valence-corrected chi connectivity index (χ4v) is 7.98. The van der Waals surface area contributed by atoms with Crippen molar-refractivity contribution in [1.82, 2.24) is 20.4 Å². The van der Waals surface area contributed by atoms with Crippen LogP contribution in [-0.2, 0) is 26.2 Å². The highest BCUT2D eigenvalue weighted by Gasteiger charge is 2.25. The molecule has 0 aromatic heterocycles. The van der Waals surface area contributed by atoms with Gasteiger partial charge in [0, 0.05) is 45.3 Å². The summed E-state index contributed by atoms with van der Waals surface area (Å²) >= 11 is 0. The van der Waals surface area contributed by atoms with Crippen molar-refractivity contribution in [2.24, 2.45) is 0 Å². The maximum absolute atomic E-state index is 14.5. The monoisotopic (exact) mass is 726 g/mol. The minimum absolute atomic E-state index is 0.0426.